The number of piperidine rings is 1. The van der Waals surface area contributed by atoms with Crippen molar-refractivity contribution in [2.75, 3.05) is 30.7 Å². The van der Waals surface area contributed by atoms with Crippen LogP contribution in [0.25, 0.3) is 10.9 Å². The number of ether oxygens (including phenoxy) is 2. The van der Waals surface area contributed by atoms with Crippen molar-refractivity contribution in [3.05, 3.63) is 46.9 Å². The second kappa shape index (κ2) is 10.2. The Hall–Kier alpha value is -3.14. The summed E-state index contributed by atoms with van der Waals surface area (Å²) >= 11 is 3.26. The van der Waals surface area contributed by atoms with Gasteiger partial charge in [0.2, 0.25) is 0 Å². The van der Waals surface area contributed by atoms with Crippen LogP contribution in [0.5, 0.6) is 5.75 Å². The minimum atomic E-state index is -0.504. The highest BCUT2D eigenvalue weighted by molar-refractivity contribution is 9.10. The molecule has 0 radical (unpaired) electrons. The molecular weight excluding hydrogens is 517 g/mol. The standard InChI is InChI=1S/C25H29BrFN5O3/c1-25(2,3)35-24(33)32-8-6-15(7-9-32)13-34-22-12-21-17(11-19(22)28)23(30-14-29-21)31-20-5-4-16(26)10-18(20)27/h4-5,10-12,14-15H,6-9,13,28H2,1-3H3,(H,29,30,31). The van der Waals surface area contributed by atoms with Gasteiger partial charge in [0.15, 0.2) is 0 Å². The van der Waals surface area contributed by atoms with E-state index in [2.05, 4.69) is 31.2 Å². The van der Waals surface area contributed by atoms with Gasteiger partial charge in [-0.2, -0.15) is 0 Å². The highest BCUT2D eigenvalue weighted by atomic mass is 79.9. The molecule has 8 nitrogen and oxygen atoms in total. The van der Waals surface area contributed by atoms with E-state index in [0.717, 1.165) is 12.8 Å². The van der Waals surface area contributed by atoms with Gasteiger partial charge in [-0.1, -0.05) is 15.9 Å². The van der Waals surface area contributed by atoms with Gasteiger partial charge in [0, 0.05) is 29.0 Å². The van der Waals surface area contributed by atoms with Gasteiger partial charge in [-0.25, -0.2) is 19.2 Å². The molecule has 2 aromatic carbocycles. The van der Waals surface area contributed by atoms with E-state index in [1.807, 2.05) is 20.8 Å². The van der Waals surface area contributed by atoms with E-state index >= 15 is 0 Å². The van der Waals surface area contributed by atoms with Crippen LogP contribution in [0, 0.1) is 11.7 Å². The third-order valence-electron chi connectivity index (χ3n) is 5.69. The van der Waals surface area contributed by atoms with Gasteiger partial charge in [0.05, 0.1) is 23.5 Å². The van der Waals surface area contributed by atoms with Crippen molar-refractivity contribution in [2.24, 2.45) is 5.92 Å². The number of hydrogen-bond donors (Lipinski definition) is 2. The van der Waals surface area contributed by atoms with Crippen molar-refractivity contribution in [2.45, 2.75) is 39.2 Å². The summed E-state index contributed by atoms with van der Waals surface area (Å²) in [5, 5.41) is 3.67. The summed E-state index contributed by atoms with van der Waals surface area (Å²) in [5.41, 5.74) is 7.14. The van der Waals surface area contributed by atoms with E-state index in [1.54, 1.807) is 29.2 Å². The fraction of sp³-hybridized carbons (Fsp3) is 0.400. The molecule has 1 aliphatic heterocycles. The number of likely N-dealkylation sites (tertiary alicyclic amines) is 1. The average molecular weight is 546 g/mol. The third kappa shape index (κ3) is 6.30. The molecule has 1 saturated heterocycles. The first-order chi connectivity index (χ1) is 16.6. The predicted octanol–water partition coefficient (Wildman–Crippen LogP) is 5.88. The number of carbonyl (C=O) groups is 1. The number of nitrogen functional groups attached to an aromatic ring is 1. The highest BCUT2D eigenvalue weighted by Gasteiger charge is 2.27. The number of nitrogens with one attached hydrogen (secondary N) is 1. The minimum absolute atomic E-state index is 0.275. The van der Waals surface area contributed by atoms with Crippen molar-refractivity contribution in [3.8, 4) is 5.75 Å². The summed E-state index contributed by atoms with van der Waals surface area (Å²) in [5.74, 6) is 0.874. The average Bonchev–Trinajstić information content (AvgIpc) is 2.79. The lowest BCUT2D eigenvalue weighted by atomic mass is 9.98. The first kappa shape index (κ1) is 25.0. The smallest absolute Gasteiger partial charge is 0.410 e. The number of fused-ring (bicyclic) bond motifs is 1. The minimum Gasteiger partial charge on any atom is -0.491 e. The molecule has 1 amide bonds. The van der Waals surface area contributed by atoms with Gasteiger partial charge in [-0.3, -0.25) is 0 Å². The van der Waals surface area contributed by atoms with Crippen LogP contribution in [0.15, 0.2) is 41.1 Å². The fourth-order valence-electron chi connectivity index (χ4n) is 3.86. The number of nitrogens with zero attached hydrogens (tertiary/aromatic N) is 3. The highest BCUT2D eigenvalue weighted by Crippen LogP contribution is 2.33. The maximum Gasteiger partial charge on any atom is 0.410 e. The third-order valence-corrected chi connectivity index (χ3v) is 6.19. The Balaban J connectivity index is 1.40. The molecule has 0 atom stereocenters. The number of nitrogens with two attached hydrogens (primary N) is 1. The van der Waals surface area contributed by atoms with Crippen LogP contribution in [0.3, 0.4) is 0 Å². The first-order valence-electron chi connectivity index (χ1n) is 11.5. The van der Waals surface area contributed by atoms with Crippen LogP contribution in [0.2, 0.25) is 0 Å². The lowest BCUT2D eigenvalue weighted by molar-refractivity contribution is 0.0165. The number of carbonyl (C=O) groups excluding carboxylic acids is 1. The lowest BCUT2D eigenvalue weighted by Crippen LogP contribution is -2.42. The molecule has 3 aromatic rings. The Morgan fingerprint density at radius 3 is 2.66 bits per heavy atom. The van der Waals surface area contributed by atoms with E-state index in [1.165, 1.54) is 12.4 Å². The topological polar surface area (TPSA) is 103 Å². The Morgan fingerprint density at radius 1 is 1.23 bits per heavy atom. The van der Waals surface area contributed by atoms with E-state index < -0.39 is 11.4 Å². The van der Waals surface area contributed by atoms with Crippen LogP contribution in [0.4, 0.5) is 26.4 Å². The van der Waals surface area contributed by atoms with Crippen LogP contribution in [-0.4, -0.2) is 46.3 Å². The summed E-state index contributed by atoms with van der Waals surface area (Å²) in [6.07, 6.45) is 2.78. The van der Waals surface area contributed by atoms with Crippen molar-refractivity contribution in [1.29, 1.82) is 0 Å². The van der Waals surface area contributed by atoms with Crippen LogP contribution >= 0.6 is 15.9 Å². The molecule has 0 saturated carbocycles. The zero-order valence-electron chi connectivity index (χ0n) is 20.0. The van der Waals surface area contributed by atoms with E-state index in [9.17, 15) is 9.18 Å². The molecule has 4 rings (SSSR count). The molecule has 3 N–H and O–H groups in total. The molecule has 1 fully saturated rings. The Morgan fingerprint density at radius 2 is 1.97 bits per heavy atom. The quantitative estimate of drug-likeness (QED) is 0.385. The number of hydrogen-bond acceptors (Lipinski definition) is 7. The Labute approximate surface area is 212 Å². The Bertz CT molecular complexity index is 1230. The van der Waals surface area contributed by atoms with Gasteiger partial charge in [-0.05, 0) is 63.8 Å². The molecule has 186 valence electrons. The molecule has 2 heterocycles. The van der Waals surface area contributed by atoms with Crippen molar-refractivity contribution in [1.82, 2.24) is 14.9 Å². The molecule has 1 aliphatic rings. The number of aromatic nitrogens is 2. The maximum absolute atomic E-state index is 14.3. The maximum atomic E-state index is 14.3. The number of benzene rings is 2. The van der Waals surface area contributed by atoms with E-state index in [-0.39, 0.29) is 6.09 Å². The molecule has 0 spiro atoms. The summed E-state index contributed by atoms with van der Waals surface area (Å²) < 4.78 is 26.4. The second-order valence-corrected chi connectivity index (χ2v) is 10.5. The van der Waals surface area contributed by atoms with Gasteiger partial charge < -0.3 is 25.4 Å². The monoisotopic (exact) mass is 545 g/mol. The fourth-order valence-corrected chi connectivity index (χ4v) is 4.19. The predicted molar refractivity (Wildman–Crippen MR) is 137 cm³/mol. The number of amides is 1. The van der Waals surface area contributed by atoms with E-state index in [4.69, 9.17) is 15.2 Å². The normalized spacial score (nSPS) is 14.7. The van der Waals surface area contributed by atoms with Gasteiger partial charge in [-0.15, -0.1) is 0 Å². The second-order valence-electron chi connectivity index (χ2n) is 9.60. The first-order valence-corrected chi connectivity index (χ1v) is 12.3. The molecule has 0 aliphatic carbocycles. The molecule has 35 heavy (non-hydrogen) atoms. The van der Waals surface area contributed by atoms with Gasteiger partial charge in [0.1, 0.15) is 29.3 Å². The largest absolute Gasteiger partial charge is 0.491 e. The molecule has 10 heteroatoms. The van der Waals surface area contributed by atoms with Crippen LogP contribution < -0.4 is 15.8 Å². The summed E-state index contributed by atoms with van der Waals surface area (Å²) in [6, 6.07) is 8.25. The zero-order valence-corrected chi connectivity index (χ0v) is 21.6. The van der Waals surface area contributed by atoms with Crippen molar-refractivity contribution < 1.29 is 18.7 Å². The summed E-state index contributed by atoms with van der Waals surface area (Å²) in [6.45, 7) is 7.33. The van der Waals surface area contributed by atoms with E-state index in [0.29, 0.717) is 63.9 Å². The number of rotatable bonds is 5. The van der Waals surface area contributed by atoms with Gasteiger partial charge >= 0.3 is 6.09 Å². The summed E-state index contributed by atoms with van der Waals surface area (Å²) in [7, 11) is 0. The zero-order chi connectivity index (χ0) is 25.2. The van der Waals surface area contributed by atoms with Crippen molar-refractivity contribution >= 4 is 50.1 Å². The molecule has 0 unspecified atom stereocenters. The lowest BCUT2D eigenvalue weighted by Gasteiger charge is -2.33. The molecule has 0 bridgehead atoms. The Kier molecular flexibility index (Phi) is 7.30. The molecule has 1 aromatic heterocycles. The SMILES string of the molecule is CC(C)(C)OC(=O)N1CCC(COc2cc3ncnc(Nc4ccc(Br)cc4F)c3cc2N)CC1. The number of anilines is 3. The summed E-state index contributed by atoms with van der Waals surface area (Å²) in [4.78, 5) is 22.6. The van der Waals surface area contributed by atoms with Crippen LogP contribution in [-0.2, 0) is 4.74 Å². The van der Waals surface area contributed by atoms with Crippen LogP contribution in [0.1, 0.15) is 33.6 Å². The van der Waals surface area contributed by atoms with Gasteiger partial charge in [0.25, 0.3) is 0 Å². The molecular formula is C25H29BrFN5O3. The van der Waals surface area contributed by atoms with Crippen molar-refractivity contribution in [3.63, 3.8) is 0 Å². The number of halogens is 2.